The molecule has 3 N–H and O–H groups in total. The second kappa shape index (κ2) is 8.88. The van der Waals surface area contributed by atoms with Gasteiger partial charge in [-0.05, 0) is 52.9 Å². The molecule has 1 heterocycles. The predicted octanol–water partition coefficient (Wildman–Crippen LogP) is 3.76. The van der Waals surface area contributed by atoms with Gasteiger partial charge in [0, 0.05) is 34.8 Å². The van der Waals surface area contributed by atoms with Crippen molar-refractivity contribution in [2.45, 2.75) is 18.8 Å². The van der Waals surface area contributed by atoms with Crippen LogP contribution in [0, 0.1) is 17.8 Å². The molecule has 9 nitrogen and oxygen atoms in total. The van der Waals surface area contributed by atoms with Gasteiger partial charge in [-0.15, -0.1) is 0 Å². The molecule has 0 spiro atoms. The number of ketones is 2. The molecule has 196 valence electrons. The quantitative estimate of drug-likeness (QED) is 0.278. The van der Waals surface area contributed by atoms with Crippen LogP contribution in [-0.2, 0) is 19.2 Å². The minimum atomic E-state index is -1.35. The highest BCUT2D eigenvalue weighted by Gasteiger charge is 2.57. The number of hydrogen-bond acceptors (Lipinski definition) is 7. The monoisotopic (exact) mass is 589 g/mol. The first-order valence-corrected chi connectivity index (χ1v) is 13.0. The topological polar surface area (TPSA) is 149 Å². The van der Waals surface area contributed by atoms with Gasteiger partial charge in [-0.2, -0.15) is 0 Å². The zero-order valence-electron chi connectivity index (χ0n) is 20.1. The van der Waals surface area contributed by atoms with Gasteiger partial charge in [0.2, 0.25) is 11.8 Å². The van der Waals surface area contributed by atoms with E-state index in [9.17, 15) is 39.3 Å². The molecule has 1 aliphatic heterocycles. The Morgan fingerprint density at radius 2 is 1.69 bits per heavy atom. The lowest BCUT2D eigenvalue weighted by Crippen LogP contribution is -2.39. The molecular formula is C29H20BrNO8. The summed E-state index contributed by atoms with van der Waals surface area (Å²) in [5, 5.41) is 30.1. The first kappa shape index (κ1) is 25.0. The van der Waals surface area contributed by atoms with Crippen molar-refractivity contribution in [3.8, 4) is 11.5 Å². The zero-order chi connectivity index (χ0) is 27.7. The van der Waals surface area contributed by atoms with Crippen molar-refractivity contribution in [2.75, 3.05) is 4.90 Å². The van der Waals surface area contributed by atoms with Crippen LogP contribution in [0.3, 0.4) is 0 Å². The number of phenols is 2. The Morgan fingerprint density at radius 1 is 0.949 bits per heavy atom. The van der Waals surface area contributed by atoms with Gasteiger partial charge in [0.25, 0.3) is 0 Å². The number of fused-ring (bicyclic) bond motifs is 3. The van der Waals surface area contributed by atoms with Crippen LogP contribution < -0.4 is 4.90 Å². The molecule has 4 unspecified atom stereocenters. The van der Waals surface area contributed by atoms with Crippen LogP contribution in [0.1, 0.15) is 34.7 Å². The molecule has 4 aliphatic rings. The predicted molar refractivity (Wildman–Crippen MR) is 140 cm³/mol. The maximum Gasteiger partial charge on any atom is 0.339 e. The Balaban J connectivity index is 1.47. The molecule has 2 aromatic carbocycles. The first-order valence-electron chi connectivity index (χ1n) is 12.2. The van der Waals surface area contributed by atoms with E-state index in [0.29, 0.717) is 11.1 Å². The molecule has 0 radical (unpaired) electrons. The lowest BCUT2D eigenvalue weighted by molar-refractivity contribution is -0.123. The third-order valence-electron chi connectivity index (χ3n) is 8.05. The highest BCUT2D eigenvalue weighted by molar-refractivity contribution is 9.12. The normalized spacial score (nSPS) is 26.1. The molecule has 2 aromatic rings. The summed E-state index contributed by atoms with van der Waals surface area (Å²) in [6.45, 7) is 0. The van der Waals surface area contributed by atoms with Crippen LogP contribution in [0.15, 0.2) is 75.8 Å². The van der Waals surface area contributed by atoms with Gasteiger partial charge < -0.3 is 15.3 Å². The minimum absolute atomic E-state index is 0.0472. The molecule has 39 heavy (non-hydrogen) atoms. The number of benzene rings is 2. The molecule has 10 heteroatoms. The molecule has 2 amide bonds. The summed E-state index contributed by atoms with van der Waals surface area (Å²) in [5.74, 6) is -6.73. The maximum absolute atomic E-state index is 13.9. The van der Waals surface area contributed by atoms with Gasteiger partial charge in [-0.3, -0.25) is 19.2 Å². The number of para-hydroxylation sites is 1. The van der Waals surface area contributed by atoms with Gasteiger partial charge in [0.15, 0.2) is 11.6 Å². The van der Waals surface area contributed by atoms with Gasteiger partial charge in [0.05, 0.1) is 22.0 Å². The minimum Gasteiger partial charge on any atom is -0.508 e. The lowest BCUT2D eigenvalue weighted by Gasteiger charge is -2.42. The van der Waals surface area contributed by atoms with Crippen molar-refractivity contribution in [2.24, 2.45) is 17.8 Å². The van der Waals surface area contributed by atoms with Crippen molar-refractivity contribution in [1.29, 1.82) is 0 Å². The number of carbonyl (C=O) groups excluding carboxylic acids is 4. The molecule has 3 aliphatic carbocycles. The number of anilines is 1. The fourth-order valence-corrected chi connectivity index (χ4v) is 6.84. The standard InChI is InChI=1S/C29H20BrNO8/c30-19-11-22(34)25-18(26(19)35)10-17-13(23(25)14-3-1-2-4-20(14)32)7-8-16-24(17)28(37)31(27(16)36)12-5-6-15(29(38)39)21(33)9-12/h1-7,9,11,16-17,23-24,32-33H,8,10H2,(H,38,39). The Bertz CT molecular complexity index is 1630. The van der Waals surface area contributed by atoms with Gasteiger partial charge in [0.1, 0.15) is 17.1 Å². The molecule has 1 saturated heterocycles. The van der Waals surface area contributed by atoms with Gasteiger partial charge in [-0.1, -0.05) is 29.8 Å². The number of aromatic hydroxyl groups is 2. The van der Waals surface area contributed by atoms with E-state index in [1.165, 1.54) is 18.2 Å². The van der Waals surface area contributed by atoms with E-state index in [1.54, 1.807) is 18.2 Å². The number of imide groups is 1. The molecule has 1 fully saturated rings. The largest absolute Gasteiger partial charge is 0.508 e. The van der Waals surface area contributed by atoms with E-state index in [-0.39, 0.29) is 57.0 Å². The van der Waals surface area contributed by atoms with Crippen molar-refractivity contribution in [3.05, 3.63) is 86.9 Å². The molecular weight excluding hydrogens is 570 g/mol. The second-order valence-corrected chi connectivity index (χ2v) is 10.8. The molecule has 0 bridgehead atoms. The third kappa shape index (κ3) is 3.62. The van der Waals surface area contributed by atoms with Crippen molar-refractivity contribution >= 4 is 51.0 Å². The average molecular weight is 590 g/mol. The summed E-state index contributed by atoms with van der Waals surface area (Å²) in [4.78, 5) is 66.1. The van der Waals surface area contributed by atoms with Crippen LogP contribution in [0.5, 0.6) is 11.5 Å². The number of hydrogen-bond donors (Lipinski definition) is 3. The van der Waals surface area contributed by atoms with Gasteiger partial charge in [-0.25, -0.2) is 9.69 Å². The van der Waals surface area contributed by atoms with Crippen molar-refractivity contribution in [3.63, 3.8) is 0 Å². The molecule has 0 aromatic heterocycles. The van der Waals surface area contributed by atoms with Crippen LogP contribution in [0.25, 0.3) is 0 Å². The Labute approximate surface area is 229 Å². The smallest absolute Gasteiger partial charge is 0.339 e. The van der Waals surface area contributed by atoms with E-state index in [1.807, 2.05) is 6.08 Å². The first-order chi connectivity index (χ1) is 18.6. The number of nitrogens with zero attached hydrogens (tertiary/aromatic N) is 1. The second-order valence-electron chi connectivity index (χ2n) is 9.97. The number of Topliss-reactive ketones (excluding diaryl/α,β-unsaturated/α-hetero) is 1. The summed E-state index contributed by atoms with van der Waals surface area (Å²) in [7, 11) is 0. The van der Waals surface area contributed by atoms with Crippen LogP contribution >= 0.6 is 15.9 Å². The fraction of sp³-hybridized carbons (Fsp3) is 0.207. The Kier molecular flexibility index (Phi) is 5.69. The Morgan fingerprint density at radius 3 is 2.38 bits per heavy atom. The van der Waals surface area contributed by atoms with E-state index in [0.717, 1.165) is 17.0 Å². The van der Waals surface area contributed by atoms with Gasteiger partial charge >= 0.3 is 5.97 Å². The van der Waals surface area contributed by atoms with Crippen molar-refractivity contribution < 1.29 is 39.3 Å². The highest BCUT2D eigenvalue weighted by Crippen LogP contribution is 2.56. The number of halogens is 1. The average Bonchev–Trinajstić information content (AvgIpc) is 3.16. The van der Waals surface area contributed by atoms with E-state index < -0.39 is 47.2 Å². The number of carbonyl (C=O) groups is 5. The number of phenolic OH excluding ortho intramolecular Hbond substituents is 1. The Hall–Kier alpha value is -4.31. The van der Waals surface area contributed by atoms with Crippen LogP contribution in [0.2, 0.25) is 0 Å². The SMILES string of the molecule is O=C1C=C(Br)C(=O)C2=C1C(c1ccccc1O)C1=CCC3C(=O)N(c4ccc(C(=O)O)c(O)c4)C(=O)C3C1C2. The number of rotatable bonds is 3. The number of carboxylic acid groups (broad SMARTS) is 1. The highest BCUT2D eigenvalue weighted by atomic mass is 79.9. The third-order valence-corrected chi connectivity index (χ3v) is 8.64. The lowest BCUT2D eigenvalue weighted by atomic mass is 9.59. The number of allylic oxidation sites excluding steroid dienone is 6. The van der Waals surface area contributed by atoms with Crippen LogP contribution in [0.4, 0.5) is 5.69 Å². The molecule has 6 rings (SSSR count). The summed E-state index contributed by atoms with van der Waals surface area (Å²) in [5.41, 5.74) is 1.30. The number of carboxylic acids is 1. The number of aromatic carboxylic acids is 1. The van der Waals surface area contributed by atoms with E-state index in [4.69, 9.17) is 0 Å². The summed E-state index contributed by atoms with van der Waals surface area (Å²) in [6, 6.07) is 10.0. The van der Waals surface area contributed by atoms with Crippen molar-refractivity contribution in [1.82, 2.24) is 0 Å². The van der Waals surface area contributed by atoms with E-state index in [2.05, 4.69) is 15.9 Å². The maximum atomic E-state index is 13.9. The summed E-state index contributed by atoms with van der Waals surface area (Å²) >= 11 is 3.17. The summed E-state index contributed by atoms with van der Waals surface area (Å²) in [6.07, 6.45) is 3.32. The number of amides is 2. The fourth-order valence-electron chi connectivity index (χ4n) is 6.39. The van der Waals surface area contributed by atoms with Crippen LogP contribution in [-0.4, -0.2) is 44.7 Å². The van der Waals surface area contributed by atoms with E-state index >= 15 is 0 Å². The summed E-state index contributed by atoms with van der Waals surface area (Å²) < 4.78 is 0.103. The zero-order valence-corrected chi connectivity index (χ0v) is 21.7. The molecule has 0 saturated carbocycles. The molecule has 4 atom stereocenters.